The zero-order valence-corrected chi connectivity index (χ0v) is 15.3. The molecule has 4 nitrogen and oxygen atoms in total. The first-order chi connectivity index (χ1) is 11.7. The predicted octanol–water partition coefficient (Wildman–Crippen LogP) is 2.89. The van der Waals surface area contributed by atoms with Crippen molar-refractivity contribution in [1.29, 1.82) is 0 Å². The monoisotopic (exact) mass is 331 g/mol. The van der Waals surface area contributed by atoms with Gasteiger partial charge in [0.15, 0.2) is 0 Å². The minimum absolute atomic E-state index is 0.208. The van der Waals surface area contributed by atoms with Crippen molar-refractivity contribution >= 4 is 5.91 Å². The van der Waals surface area contributed by atoms with E-state index in [1.54, 1.807) is 0 Å². The third-order valence-corrected chi connectivity index (χ3v) is 4.82. The number of hydrogen-bond donors (Lipinski definition) is 1. The van der Waals surface area contributed by atoms with Gasteiger partial charge in [-0.3, -0.25) is 9.69 Å². The van der Waals surface area contributed by atoms with Gasteiger partial charge in [0.25, 0.3) is 0 Å². The van der Waals surface area contributed by atoms with Gasteiger partial charge in [-0.25, -0.2) is 0 Å². The fraction of sp³-hybridized carbons (Fsp3) is 0.650. The van der Waals surface area contributed by atoms with Crippen molar-refractivity contribution in [3.8, 4) is 0 Å². The molecule has 1 fully saturated rings. The normalized spacial score (nSPS) is 16.5. The van der Waals surface area contributed by atoms with Crippen LogP contribution in [0, 0.1) is 0 Å². The Kier molecular flexibility index (Phi) is 8.26. The maximum absolute atomic E-state index is 12.1. The molecule has 1 aromatic rings. The lowest BCUT2D eigenvalue weighted by Crippen LogP contribution is -2.44. The van der Waals surface area contributed by atoms with E-state index in [-0.39, 0.29) is 5.91 Å². The Morgan fingerprint density at radius 2 is 1.92 bits per heavy atom. The molecule has 0 unspecified atom stereocenters. The molecule has 4 heteroatoms. The van der Waals surface area contributed by atoms with E-state index in [9.17, 15) is 4.79 Å². The van der Waals surface area contributed by atoms with Crippen LogP contribution in [0.1, 0.15) is 44.6 Å². The van der Waals surface area contributed by atoms with Crippen LogP contribution in [-0.4, -0.2) is 55.0 Å². The molecular weight excluding hydrogens is 298 g/mol. The first-order valence-electron chi connectivity index (χ1n) is 9.41. The van der Waals surface area contributed by atoms with Gasteiger partial charge in [-0.15, -0.1) is 0 Å². The molecule has 24 heavy (non-hydrogen) atoms. The summed E-state index contributed by atoms with van der Waals surface area (Å²) in [6.07, 6.45) is 5.15. The van der Waals surface area contributed by atoms with Crippen LogP contribution < -0.4 is 5.32 Å². The number of benzene rings is 1. The second-order valence-electron chi connectivity index (χ2n) is 7.01. The van der Waals surface area contributed by atoms with Gasteiger partial charge in [0.1, 0.15) is 0 Å². The third kappa shape index (κ3) is 7.02. The van der Waals surface area contributed by atoms with Gasteiger partial charge in [0.2, 0.25) is 5.91 Å². The van der Waals surface area contributed by atoms with Crippen molar-refractivity contribution in [2.45, 2.75) is 51.6 Å². The van der Waals surface area contributed by atoms with Crippen molar-refractivity contribution in [3.63, 3.8) is 0 Å². The Morgan fingerprint density at radius 1 is 1.21 bits per heavy atom. The summed E-state index contributed by atoms with van der Waals surface area (Å²) in [5.74, 6) is 0.208. The molecule has 1 aromatic carbocycles. The van der Waals surface area contributed by atoms with Gasteiger partial charge in [0, 0.05) is 38.6 Å². The topological polar surface area (TPSA) is 35.6 Å². The maximum Gasteiger partial charge on any atom is 0.221 e. The standard InChI is InChI=1S/C20H33N3O/c1-3-4-13-22(2)14-12-20(24)21-19-10-15-23(16-11-19)17-18-8-6-5-7-9-18/h5-9,19H,3-4,10-17H2,1-2H3,(H,21,24). The van der Waals surface area contributed by atoms with Crippen LogP contribution in [0.2, 0.25) is 0 Å². The Balaban J connectivity index is 1.61. The molecule has 0 saturated carbocycles. The molecule has 0 aromatic heterocycles. The number of nitrogens with zero attached hydrogens (tertiary/aromatic N) is 2. The first-order valence-corrected chi connectivity index (χ1v) is 9.41. The van der Waals surface area contributed by atoms with E-state index in [1.807, 2.05) is 0 Å². The highest BCUT2D eigenvalue weighted by Gasteiger charge is 2.20. The lowest BCUT2D eigenvalue weighted by atomic mass is 10.0. The van der Waals surface area contributed by atoms with E-state index >= 15 is 0 Å². The van der Waals surface area contributed by atoms with Crippen molar-refractivity contribution in [3.05, 3.63) is 35.9 Å². The molecule has 1 saturated heterocycles. The Bertz CT molecular complexity index is 469. The molecule has 2 rings (SSSR count). The molecule has 1 N–H and O–H groups in total. The van der Waals surface area contributed by atoms with E-state index in [1.165, 1.54) is 18.4 Å². The summed E-state index contributed by atoms with van der Waals surface area (Å²) in [6, 6.07) is 11.0. The van der Waals surface area contributed by atoms with Crippen LogP contribution in [0.15, 0.2) is 30.3 Å². The summed E-state index contributed by atoms with van der Waals surface area (Å²) in [7, 11) is 2.10. The highest BCUT2D eigenvalue weighted by molar-refractivity contribution is 5.76. The number of likely N-dealkylation sites (tertiary alicyclic amines) is 1. The van der Waals surface area contributed by atoms with E-state index in [0.29, 0.717) is 12.5 Å². The highest BCUT2D eigenvalue weighted by atomic mass is 16.1. The number of hydrogen-bond acceptors (Lipinski definition) is 3. The second-order valence-corrected chi connectivity index (χ2v) is 7.01. The van der Waals surface area contributed by atoms with E-state index in [0.717, 1.165) is 45.6 Å². The lowest BCUT2D eigenvalue weighted by molar-refractivity contribution is -0.122. The summed E-state index contributed by atoms with van der Waals surface area (Å²) < 4.78 is 0. The van der Waals surface area contributed by atoms with Crippen molar-refractivity contribution in [2.75, 3.05) is 33.2 Å². The van der Waals surface area contributed by atoms with Gasteiger partial charge >= 0.3 is 0 Å². The minimum Gasteiger partial charge on any atom is -0.353 e. The SMILES string of the molecule is CCCCN(C)CCC(=O)NC1CCN(Cc2ccccc2)CC1. The number of nitrogens with one attached hydrogen (secondary N) is 1. The smallest absolute Gasteiger partial charge is 0.221 e. The second kappa shape index (κ2) is 10.5. The molecule has 0 aliphatic carbocycles. The Hall–Kier alpha value is -1.39. The van der Waals surface area contributed by atoms with Crippen molar-refractivity contribution in [1.82, 2.24) is 15.1 Å². The van der Waals surface area contributed by atoms with Crippen LogP contribution in [0.4, 0.5) is 0 Å². The van der Waals surface area contributed by atoms with Crippen LogP contribution >= 0.6 is 0 Å². The van der Waals surface area contributed by atoms with Crippen LogP contribution in [0.3, 0.4) is 0 Å². The molecular formula is C20H33N3O. The molecule has 1 aliphatic heterocycles. The highest BCUT2D eigenvalue weighted by Crippen LogP contribution is 2.14. The zero-order valence-electron chi connectivity index (χ0n) is 15.3. The van der Waals surface area contributed by atoms with Crippen LogP contribution in [-0.2, 0) is 11.3 Å². The summed E-state index contributed by atoms with van der Waals surface area (Å²) in [5, 5.41) is 3.22. The van der Waals surface area contributed by atoms with Gasteiger partial charge in [-0.1, -0.05) is 43.7 Å². The zero-order chi connectivity index (χ0) is 17.2. The molecule has 1 heterocycles. The average molecular weight is 332 g/mol. The average Bonchev–Trinajstić information content (AvgIpc) is 2.61. The summed E-state index contributed by atoms with van der Waals surface area (Å²) in [5.41, 5.74) is 1.37. The number of carbonyl (C=O) groups is 1. The molecule has 0 bridgehead atoms. The molecule has 0 radical (unpaired) electrons. The quantitative estimate of drug-likeness (QED) is 0.756. The molecule has 0 spiro atoms. The van der Waals surface area contributed by atoms with E-state index < -0.39 is 0 Å². The van der Waals surface area contributed by atoms with Crippen molar-refractivity contribution in [2.24, 2.45) is 0 Å². The lowest BCUT2D eigenvalue weighted by Gasteiger charge is -2.32. The number of carbonyl (C=O) groups excluding carboxylic acids is 1. The van der Waals surface area contributed by atoms with Crippen LogP contribution in [0.25, 0.3) is 0 Å². The number of rotatable bonds is 9. The molecule has 1 amide bonds. The number of unbranched alkanes of at least 4 members (excludes halogenated alkanes) is 1. The van der Waals surface area contributed by atoms with Gasteiger partial charge < -0.3 is 10.2 Å². The maximum atomic E-state index is 12.1. The minimum atomic E-state index is 0.208. The summed E-state index contributed by atoms with van der Waals surface area (Å²) >= 11 is 0. The van der Waals surface area contributed by atoms with Gasteiger partial charge in [-0.2, -0.15) is 0 Å². The first kappa shape index (κ1) is 18.9. The largest absolute Gasteiger partial charge is 0.353 e. The van der Waals surface area contributed by atoms with E-state index in [4.69, 9.17) is 0 Å². The van der Waals surface area contributed by atoms with Crippen molar-refractivity contribution < 1.29 is 4.79 Å². The molecule has 1 aliphatic rings. The fourth-order valence-electron chi connectivity index (χ4n) is 3.21. The Labute approximate surface area is 147 Å². The molecule has 134 valence electrons. The van der Waals surface area contributed by atoms with Crippen LogP contribution in [0.5, 0.6) is 0 Å². The van der Waals surface area contributed by atoms with Gasteiger partial charge in [0.05, 0.1) is 0 Å². The summed E-state index contributed by atoms with van der Waals surface area (Å²) in [6.45, 7) is 7.29. The molecule has 0 atom stereocenters. The Morgan fingerprint density at radius 3 is 2.58 bits per heavy atom. The third-order valence-electron chi connectivity index (χ3n) is 4.82. The summed E-state index contributed by atoms with van der Waals surface area (Å²) in [4.78, 5) is 16.8. The van der Waals surface area contributed by atoms with E-state index in [2.05, 4.69) is 59.4 Å². The number of amides is 1. The van der Waals surface area contributed by atoms with Gasteiger partial charge in [-0.05, 0) is 38.4 Å². The fourth-order valence-corrected chi connectivity index (χ4v) is 3.21. The predicted molar refractivity (Wildman–Crippen MR) is 99.9 cm³/mol. The number of piperidine rings is 1.